The number of piperidine rings is 1. The molecular formula is C11H21F2NO. The average Bonchev–Trinajstić information content (AvgIpc) is 2.14. The largest absolute Gasteiger partial charge is 0.378 e. The Labute approximate surface area is 90.6 Å². The zero-order valence-electron chi connectivity index (χ0n) is 9.75. The molecule has 2 atom stereocenters. The van der Waals surface area contributed by atoms with Gasteiger partial charge in [0.25, 0.3) is 0 Å². The number of alkyl halides is 2. The van der Waals surface area contributed by atoms with Crippen LogP contribution >= 0.6 is 0 Å². The summed E-state index contributed by atoms with van der Waals surface area (Å²) < 4.78 is 30.9. The molecule has 1 heterocycles. The Morgan fingerprint density at radius 1 is 1.40 bits per heavy atom. The van der Waals surface area contributed by atoms with E-state index < -0.39 is 12.3 Å². The summed E-state index contributed by atoms with van der Waals surface area (Å²) in [6.07, 6.45) is -1.50. The summed E-state index contributed by atoms with van der Waals surface area (Å²) in [6, 6.07) is 0. The van der Waals surface area contributed by atoms with Crippen molar-refractivity contribution in [1.82, 2.24) is 4.90 Å². The number of nitrogens with zero attached hydrogens (tertiary/aromatic N) is 1. The Morgan fingerprint density at radius 3 is 2.60 bits per heavy atom. The maximum absolute atomic E-state index is 12.7. The van der Waals surface area contributed by atoms with Crippen molar-refractivity contribution in [3.05, 3.63) is 0 Å². The van der Waals surface area contributed by atoms with Gasteiger partial charge in [-0.25, -0.2) is 8.78 Å². The Bertz CT molecular complexity index is 187. The summed E-state index contributed by atoms with van der Waals surface area (Å²) in [5, 5.41) is 0. The van der Waals surface area contributed by atoms with Gasteiger partial charge in [0.1, 0.15) is 0 Å². The number of hydrogen-bond donors (Lipinski definition) is 0. The zero-order chi connectivity index (χ0) is 11.4. The average molecular weight is 221 g/mol. The lowest BCUT2D eigenvalue weighted by Gasteiger charge is -2.36. The molecule has 15 heavy (non-hydrogen) atoms. The first-order valence-corrected chi connectivity index (χ1v) is 5.59. The van der Waals surface area contributed by atoms with Crippen LogP contribution < -0.4 is 0 Å². The van der Waals surface area contributed by atoms with E-state index in [1.54, 1.807) is 0 Å². The Hall–Kier alpha value is -0.220. The van der Waals surface area contributed by atoms with E-state index in [1.807, 2.05) is 20.9 Å². The van der Waals surface area contributed by atoms with Crippen LogP contribution in [-0.4, -0.2) is 44.2 Å². The molecular weight excluding hydrogens is 200 g/mol. The number of halogens is 2. The van der Waals surface area contributed by atoms with E-state index >= 15 is 0 Å². The Morgan fingerprint density at radius 2 is 2.07 bits per heavy atom. The van der Waals surface area contributed by atoms with E-state index in [0.29, 0.717) is 13.0 Å². The van der Waals surface area contributed by atoms with Crippen molar-refractivity contribution in [3.63, 3.8) is 0 Å². The normalized spacial score (nSPS) is 29.0. The quantitative estimate of drug-likeness (QED) is 0.722. The maximum atomic E-state index is 12.7. The minimum atomic E-state index is -2.21. The molecule has 0 radical (unpaired) electrons. The molecule has 0 N–H and O–H groups in total. The topological polar surface area (TPSA) is 12.5 Å². The Kier molecular flexibility index (Phi) is 4.93. The molecule has 1 aliphatic rings. The molecule has 1 aliphatic heterocycles. The monoisotopic (exact) mass is 221 g/mol. The highest BCUT2D eigenvalue weighted by Gasteiger charge is 2.34. The van der Waals surface area contributed by atoms with Crippen molar-refractivity contribution in [2.24, 2.45) is 11.8 Å². The maximum Gasteiger partial charge on any atom is 0.241 e. The molecule has 1 rings (SSSR count). The van der Waals surface area contributed by atoms with E-state index in [1.165, 1.54) is 0 Å². The molecule has 0 spiro atoms. The van der Waals surface area contributed by atoms with Crippen LogP contribution in [0.25, 0.3) is 0 Å². The SMILES string of the molecule is CC(C)OCC1CN(C)CCC1C(F)F. The number of rotatable bonds is 4. The molecule has 2 unspecified atom stereocenters. The van der Waals surface area contributed by atoms with Crippen molar-refractivity contribution in [3.8, 4) is 0 Å². The molecule has 0 amide bonds. The van der Waals surface area contributed by atoms with Crippen molar-refractivity contribution < 1.29 is 13.5 Å². The van der Waals surface area contributed by atoms with Gasteiger partial charge in [0.2, 0.25) is 6.43 Å². The van der Waals surface area contributed by atoms with E-state index in [9.17, 15) is 8.78 Å². The van der Waals surface area contributed by atoms with Gasteiger partial charge in [-0.15, -0.1) is 0 Å². The fourth-order valence-electron chi connectivity index (χ4n) is 2.06. The zero-order valence-corrected chi connectivity index (χ0v) is 9.75. The molecule has 0 aromatic rings. The lowest BCUT2D eigenvalue weighted by molar-refractivity contribution is -0.0450. The second kappa shape index (κ2) is 5.75. The minimum Gasteiger partial charge on any atom is -0.378 e. The molecule has 0 saturated carbocycles. The van der Waals surface area contributed by atoms with Gasteiger partial charge in [-0.1, -0.05) is 0 Å². The standard InChI is InChI=1S/C11H21F2NO/c1-8(2)15-7-9-6-14(3)5-4-10(9)11(12)13/h8-11H,4-7H2,1-3H3. The summed E-state index contributed by atoms with van der Waals surface area (Å²) in [5.41, 5.74) is 0. The van der Waals surface area contributed by atoms with Gasteiger partial charge in [0, 0.05) is 18.4 Å². The van der Waals surface area contributed by atoms with Crippen LogP contribution in [0.15, 0.2) is 0 Å². The number of hydrogen-bond acceptors (Lipinski definition) is 2. The van der Waals surface area contributed by atoms with Gasteiger partial charge in [-0.3, -0.25) is 0 Å². The van der Waals surface area contributed by atoms with Crippen LogP contribution in [0.4, 0.5) is 8.78 Å². The van der Waals surface area contributed by atoms with Crippen LogP contribution in [0.2, 0.25) is 0 Å². The smallest absolute Gasteiger partial charge is 0.241 e. The summed E-state index contributed by atoms with van der Waals surface area (Å²) >= 11 is 0. The van der Waals surface area contributed by atoms with Crippen LogP contribution in [0.5, 0.6) is 0 Å². The second-order valence-electron chi connectivity index (χ2n) is 4.69. The van der Waals surface area contributed by atoms with Crippen LogP contribution in [0.1, 0.15) is 20.3 Å². The fraction of sp³-hybridized carbons (Fsp3) is 1.00. The third-order valence-electron chi connectivity index (χ3n) is 2.96. The van der Waals surface area contributed by atoms with Gasteiger partial charge in [-0.05, 0) is 33.9 Å². The number of ether oxygens (including phenoxy) is 1. The molecule has 4 heteroatoms. The first-order chi connectivity index (χ1) is 7.00. The lowest BCUT2D eigenvalue weighted by atomic mass is 9.86. The fourth-order valence-corrected chi connectivity index (χ4v) is 2.06. The molecule has 0 aromatic carbocycles. The van der Waals surface area contributed by atoms with Crippen LogP contribution in [0.3, 0.4) is 0 Å². The van der Waals surface area contributed by atoms with Gasteiger partial charge >= 0.3 is 0 Å². The first-order valence-electron chi connectivity index (χ1n) is 5.59. The number of likely N-dealkylation sites (tertiary alicyclic amines) is 1. The van der Waals surface area contributed by atoms with Gasteiger partial charge < -0.3 is 9.64 Å². The second-order valence-corrected chi connectivity index (χ2v) is 4.69. The third kappa shape index (κ3) is 4.03. The van der Waals surface area contributed by atoms with E-state index in [0.717, 1.165) is 13.1 Å². The summed E-state index contributed by atoms with van der Waals surface area (Å²) in [6.45, 7) is 5.82. The minimum absolute atomic E-state index is 0.0221. The molecule has 2 nitrogen and oxygen atoms in total. The van der Waals surface area contributed by atoms with Gasteiger partial charge in [0.05, 0.1) is 12.7 Å². The van der Waals surface area contributed by atoms with Crippen molar-refractivity contribution in [2.45, 2.75) is 32.8 Å². The van der Waals surface area contributed by atoms with Crippen LogP contribution in [0, 0.1) is 11.8 Å². The van der Waals surface area contributed by atoms with Crippen molar-refractivity contribution in [1.29, 1.82) is 0 Å². The predicted molar refractivity (Wildman–Crippen MR) is 56.2 cm³/mol. The summed E-state index contributed by atoms with van der Waals surface area (Å²) in [4.78, 5) is 2.10. The molecule has 1 saturated heterocycles. The van der Waals surface area contributed by atoms with Gasteiger partial charge in [-0.2, -0.15) is 0 Å². The molecule has 0 aliphatic carbocycles. The van der Waals surface area contributed by atoms with Gasteiger partial charge in [0.15, 0.2) is 0 Å². The summed E-state index contributed by atoms with van der Waals surface area (Å²) in [7, 11) is 1.98. The highest BCUT2D eigenvalue weighted by Crippen LogP contribution is 2.28. The highest BCUT2D eigenvalue weighted by molar-refractivity contribution is 4.80. The van der Waals surface area contributed by atoms with E-state index in [4.69, 9.17) is 4.74 Å². The lowest BCUT2D eigenvalue weighted by Crippen LogP contribution is -2.43. The van der Waals surface area contributed by atoms with Crippen molar-refractivity contribution >= 4 is 0 Å². The van der Waals surface area contributed by atoms with E-state index in [2.05, 4.69) is 4.90 Å². The Balaban J connectivity index is 2.46. The van der Waals surface area contributed by atoms with E-state index in [-0.39, 0.29) is 12.0 Å². The van der Waals surface area contributed by atoms with Crippen molar-refractivity contribution in [2.75, 3.05) is 26.7 Å². The molecule has 1 fully saturated rings. The highest BCUT2D eigenvalue weighted by atomic mass is 19.3. The summed E-state index contributed by atoms with van der Waals surface area (Å²) in [5.74, 6) is -0.508. The first kappa shape index (κ1) is 12.8. The molecule has 0 aromatic heterocycles. The molecule has 90 valence electrons. The molecule has 0 bridgehead atoms. The van der Waals surface area contributed by atoms with Crippen LogP contribution in [-0.2, 0) is 4.74 Å². The predicted octanol–water partition coefficient (Wildman–Crippen LogP) is 2.24. The third-order valence-corrected chi connectivity index (χ3v) is 2.96.